The fourth-order valence-corrected chi connectivity index (χ4v) is 3.65. The van der Waals surface area contributed by atoms with Gasteiger partial charge < -0.3 is 11.1 Å². The number of halogens is 1. The predicted molar refractivity (Wildman–Crippen MR) is 81.4 cm³/mol. The normalized spacial score (nSPS) is 22.8. The first-order valence-electron chi connectivity index (χ1n) is 7.79. The Kier molecular flexibility index (Phi) is 7.77. The van der Waals surface area contributed by atoms with Gasteiger partial charge in [-0.2, -0.15) is 0 Å². The molecule has 0 aromatic rings. The molecule has 3 nitrogen and oxygen atoms in total. The van der Waals surface area contributed by atoms with Gasteiger partial charge in [-0.1, -0.05) is 32.1 Å². The Balaban J connectivity index is 0.00000180. The van der Waals surface area contributed by atoms with Crippen molar-refractivity contribution in [2.75, 3.05) is 6.54 Å². The van der Waals surface area contributed by atoms with Crippen molar-refractivity contribution in [3.63, 3.8) is 0 Å². The van der Waals surface area contributed by atoms with Crippen molar-refractivity contribution in [2.24, 2.45) is 17.6 Å². The van der Waals surface area contributed by atoms with Crippen LogP contribution in [0, 0.1) is 11.8 Å². The molecule has 1 unspecified atom stereocenters. The van der Waals surface area contributed by atoms with E-state index in [-0.39, 0.29) is 24.4 Å². The van der Waals surface area contributed by atoms with Gasteiger partial charge in [-0.3, -0.25) is 4.79 Å². The number of hydrogen-bond donors (Lipinski definition) is 2. The lowest BCUT2D eigenvalue weighted by atomic mass is 9.83. The lowest BCUT2D eigenvalue weighted by Gasteiger charge is -2.30. The molecular weight excluding hydrogens is 260 g/mol. The van der Waals surface area contributed by atoms with Crippen LogP contribution in [-0.4, -0.2) is 18.5 Å². The fourth-order valence-electron chi connectivity index (χ4n) is 3.65. The molecule has 2 rings (SSSR count). The quantitative estimate of drug-likeness (QED) is 0.817. The number of nitrogens with two attached hydrogens (primary N) is 1. The molecule has 0 radical (unpaired) electrons. The molecule has 1 atom stereocenters. The molecule has 2 saturated carbocycles. The molecule has 19 heavy (non-hydrogen) atoms. The van der Waals surface area contributed by atoms with Gasteiger partial charge in [0, 0.05) is 19.0 Å². The summed E-state index contributed by atoms with van der Waals surface area (Å²) in [4.78, 5) is 12.0. The van der Waals surface area contributed by atoms with Crippen LogP contribution >= 0.6 is 12.4 Å². The van der Waals surface area contributed by atoms with Gasteiger partial charge in [-0.15, -0.1) is 12.4 Å². The van der Waals surface area contributed by atoms with Crippen LogP contribution in [0.25, 0.3) is 0 Å². The molecule has 0 saturated heterocycles. The van der Waals surface area contributed by atoms with E-state index >= 15 is 0 Å². The Hall–Kier alpha value is -0.280. The summed E-state index contributed by atoms with van der Waals surface area (Å²) in [6.45, 7) is 0.598. The number of carbonyl (C=O) groups excluding carboxylic acids is 1. The SMILES string of the molecule is Cl.NCC(NC(=O)CC1CCCC1)C1CCCCC1. The Morgan fingerprint density at radius 2 is 1.63 bits per heavy atom. The van der Waals surface area contributed by atoms with E-state index < -0.39 is 0 Å². The third-order valence-corrected chi connectivity index (χ3v) is 4.77. The largest absolute Gasteiger partial charge is 0.352 e. The summed E-state index contributed by atoms with van der Waals surface area (Å²) in [5, 5.41) is 3.20. The third-order valence-electron chi connectivity index (χ3n) is 4.77. The topological polar surface area (TPSA) is 55.1 Å². The van der Waals surface area contributed by atoms with E-state index in [1.54, 1.807) is 0 Å². The van der Waals surface area contributed by atoms with Crippen molar-refractivity contribution in [3.8, 4) is 0 Å². The first kappa shape index (κ1) is 16.8. The summed E-state index contributed by atoms with van der Waals surface area (Å²) < 4.78 is 0. The maximum Gasteiger partial charge on any atom is 0.220 e. The van der Waals surface area contributed by atoms with Gasteiger partial charge >= 0.3 is 0 Å². The number of hydrogen-bond acceptors (Lipinski definition) is 2. The molecule has 0 aromatic heterocycles. The van der Waals surface area contributed by atoms with Crippen LogP contribution in [0.15, 0.2) is 0 Å². The Bertz CT molecular complexity index is 261. The second-order valence-electron chi connectivity index (χ2n) is 6.16. The van der Waals surface area contributed by atoms with Gasteiger partial charge in [0.05, 0.1) is 0 Å². The van der Waals surface area contributed by atoms with Crippen molar-refractivity contribution < 1.29 is 4.79 Å². The highest BCUT2D eigenvalue weighted by Gasteiger charge is 2.25. The minimum atomic E-state index is 0. The van der Waals surface area contributed by atoms with Gasteiger partial charge in [-0.05, 0) is 37.5 Å². The molecule has 0 bridgehead atoms. The molecule has 4 heteroatoms. The van der Waals surface area contributed by atoms with Gasteiger partial charge in [0.2, 0.25) is 5.91 Å². The van der Waals surface area contributed by atoms with E-state index in [2.05, 4.69) is 5.32 Å². The summed E-state index contributed by atoms with van der Waals surface area (Å²) in [5.74, 6) is 1.49. The summed E-state index contributed by atoms with van der Waals surface area (Å²) in [6, 6.07) is 0.221. The van der Waals surface area contributed by atoms with Gasteiger partial charge in [-0.25, -0.2) is 0 Å². The summed E-state index contributed by atoms with van der Waals surface area (Å²) in [5.41, 5.74) is 5.85. The van der Waals surface area contributed by atoms with Crippen LogP contribution in [0.3, 0.4) is 0 Å². The van der Waals surface area contributed by atoms with Crippen LogP contribution in [0.4, 0.5) is 0 Å². The van der Waals surface area contributed by atoms with E-state index in [0.29, 0.717) is 18.4 Å². The zero-order chi connectivity index (χ0) is 12.8. The van der Waals surface area contributed by atoms with Crippen molar-refractivity contribution >= 4 is 18.3 Å². The van der Waals surface area contributed by atoms with E-state index in [0.717, 1.165) is 6.42 Å². The standard InChI is InChI=1S/C15H28N2O.ClH/c16-11-14(13-8-2-1-3-9-13)17-15(18)10-12-6-4-5-7-12;/h12-14H,1-11,16H2,(H,17,18);1H. The van der Waals surface area contributed by atoms with Crippen LogP contribution < -0.4 is 11.1 Å². The molecule has 3 N–H and O–H groups in total. The smallest absolute Gasteiger partial charge is 0.220 e. The molecule has 0 aromatic carbocycles. The number of nitrogens with one attached hydrogen (secondary N) is 1. The number of rotatable bonds is 5. The van der Waals surface area contributed by atoms with E-state index in [4.69, 9.17) is 5.73 Å². The maximum atomic E-state index is 12.0. The Morgan fingerprint density at radius 3 is 2.21 bits per heavy atom. The minimum absolute atomic E-state index is 0. The second-order valence-corrected chi connectivity index (χ2v) is 6.16. The second kappa shape index (κ2) is 8.80. The van der Waals surface area contributed by atoms with E-state index in [1.807, 2.05) is 0 Å². The van der Waals surface area contributed by atoms with E-state index in [9.17, 15) is 4.79 Å². The van der Waals surface area contributed by atoms with Crippen LogP contribution in [0.1, 0.15) is 64.2 Å². The van der Waals surface area contributed by atoms with Crippen LogP contribution in [0.2, 0.25) is 0 Å². The minimum Gasteiger partial charge on any atom is -0.352 e. The molecule has 0 aliphatic heterocycles. The first-order valence-corrected chi connectivity index (χ1v) is 7.79. The highest BCUT2D eigenvalue weighted by Crippen LogP contribution is 2.28. The van der Waals surface area contributed by atoms with Crippen molar-refractivity contribution in [2.45, 2.75) is 70.3 Å². The molecule has 2 aliphatic rings. The zero-order valence-electron chi connectivity index (χ0n) is 11.9. The molecular formula is C15H29ClN2O. The fraction of sp³-hybridized carbons (Fsp3) is 0.933. The highest BCUT2D eigenvalue weighted by molar-refractivity contribution is 5.85. The van der Waals surface area contributed by atoms with Crippen molar-refractivity contribution in [3.05, 3.63) is 0 Å². The zero-order valence-corrected chi connectivity index (χ0v) is 12.7. The van der Waals surface area contributed by atoms with E-state index in [1.165, 1.54) is 57.8 Å². The molecule has 1 amide bonds. The maximum absolute atomic E-state index is 12.0. The highest BCUT2D eigenvalue weighted by atomic mass is 35.5. The van der Waals surface area contributed by atoms with Crippen molar-refractivity contribution in [1.82, 2.24) is 5.32 Å². The summed E-state index contributed by atoms with van der Waals surface area (Å²) in [7, 11) is 0. The summed E-state index contributed by atoms with van der Waals surface area (Å²) in [6.07, 6.45) is 12.3. The van der Waals surface area contributed by atoms with Crippen LogP contribution in [-0.2, 0) is 4.79 Å². The first-order chi connectivity index (χ1) is 8.79. The van der Waals surface area contributed by atoms with Gasteiger partial charge in [0.15, 0.2) is 0 Å². The monoisotopic (exact) mass is 288 g/mol. The average Bonchev–Trinajstić information content (AvgIpc) is 2.90. The number of amides is 1. The van der Waals surface area contributed by atoms with Crippen molar-refractivity contribution in [1.29, 1.82) is 0 Å². The molecule has 2 fully saturated rings. The third kappa shape index (κ3) is 5.31. The molecule has 0 heterocycles. The van der Waals surface area contributed by atoms with Crippen LogP contribution in [0.5, 0.6) is 0 Å². The molecule has 2 aliphatic carbocycles. The number of carbonyl (C=O) groups is 1. The lowest BCUT2D eigenvalue weighted by molar-refractivity contribution is -0.123. The molecule has 0 spiro atoms. The Labute approximate surface area is 123 Å². The lowest BCUT2D eigenvalue weighted by Crippen LogP contribution is -2.46. The van der Waals surface area contributed by atoms with Gasteiger partial charge in [0.1, 0.15) is 0 Å². The predicted octanol–water partition coefficient (Wildman–Crippen LogP) is 3.01. The van der Waals surface area contributed by atoms with Gasteiger partial charge in [0.25, 0.3) is 0 Å². The molecule has 112 valence electrons. The summed E-state index contributed by atoms with van der Waals surface area (Å²) >= 11 is 0. The Morgan fingerprint density at radius 1 is 1.05 bits per heavy atom. The average molecular weight is 289 g/mol.